The summed E-state index contributed by atoms with van der Waals surface area (Å²) in [5.41, 5.74) is -0.509. The second-order valence-corrected chi connectivity index (χ2v) is 6.05. The van der Waals surface area contributed by atoms with Gasteiger partial charge in [0.05, 0.1) is 12.5 Å². The molecule has 0 saturated carbocycles. The zero-order chi connectivity index (χ0) is 15.2. The molecule has 1 atom stereocenters. The Hall–Kier alpha value is -1.30. The fraction of sp³-hybridized carbons (Fsp3) is 0.857. The molecule has 0 aromatic heterocycles. The topological polar surface area (TPSA) is 67.9 Å². The van der Waals surface area contributed by atoms with Crippen molar-refractivity contribution in [3.8, 4) is 0 Å². The molecule has 2 amide bonds. The molecule has 0 radical (unpaired) electrons. The molecule has 1 rings (SSSR count). The number of piperidine rings is 1. The van der Waals surface area contributed by atoms with Crippen LogP contribution in [-0.2, 0) is 14.3 Å². The van der Waals surface area contributed by atoms with Crippen molar-refractivity contribution in [2.45, 2.75) is 39.2 Å². The van der Waals surface area contributed by atoms with Gasteiger partial charge in [-0.2, -0.15) is 0 Å². The first kappa shape index (κ1) is 16.8. The minimum absolute atomic E-state index is 0.0182. The van der Waals surface area contributed by atoms with Crippen LogP contribution in [0.15, 0.2) is 0 Å². The van der Waals surface area contributed by atoms with Crippen molar-refractivity contribution in [1.29, 1.82) is 0 Å². The van der Waals surface area contributed by atoms with Crippen LogP contribution in [0.1, 0.15) is 33.6 Å². The number of nitrogens with zero attached hydrogens (tertiary/aromatic N) is 1. The molecule has 0 bridgehead atoms. The number of carbonyl (C=O) groups excluding carboxylic acids is 2. The molecule has 0 aliphatic carbocycles. The highest BCUT2D eigenvalue weighted by Gasteiger charge is 2.30. The van der Waals surface area contributed by atoms with Crippen LogP contribution in [0.4, 0.5) is 4.79 Å². The molecule has 0 unspecified atom stereocenters. The van der Waals surface area contributed by atoms with E-state index in [2.05, 4.69) is 5.32 Å². The normalized spacial score (nSPS) is 19.6. The van der Waals surface area contributed by atoms with Gasteiger partial charge in [0, 0.05) is 26.7 Å². The number of rotatable bonds is 4. The highest BCUT2D eigenvalue weighted by molar-refractivity contribution is 5.80. The van der Waals surface area contributed by atoms with Crippen LogP contribution in [0, 0.1) is 5.92 Å². The molecule has 1 fully saturated rings. The molecular formula is C14H26N2O4. The summed E-state index contributed by atoms with van der Waals surface area (Å²) in [7, 11) is 1.59. The average Bonchev–Trinajstić information content (AvgIpc) is 2.37. The second kappa shape index (κ2) is 7.47. The van der Waals surface area contributed by atoms with Gasteiger partial charge in [-0.25, -0.2) is 4.79 Å². The van der Waals surface area contributed by atoms with E-state index in [4.69, 9.17) is 9.47 Å². The number of hydrogen-bond donors (Lipinski definition) is 1. The number of likely N-dealkylation sites (tertiary alicyclic amines) is 1. The third-order valence-electron chi connectivity index (χ3n) is 3.05. The summed E-state index contributed by atoms with van der Waals surface area (Å²) in [4.78, 5) is 25.6. The maximum atomic E-state index is 12.0. The van der Waals surface area contributed by atoms with Crippen LogP contribution < -0.4 is 5.32 Å². The predicted molar refractivity (Wildman–Crippen MR) is 75.4 cm³/mol. The SMILES string of the molecule is COCCNC(=O)[C@H]1CCCN(C(=O)OC(C)(C)C)C1. The Bertz CT molecular complexity index is 339. The van der Waals surface area contributed by atoms with Gasteiger partial charge in [0.2, 0.25) is 5.91 Å². The second-order valence-electron chi connectivity index (χ2n) is 6.05. The molecule has 0 aromatic rings. The Morgan fingerprint density at radius 1 is 1.35 bits per heavy atom. The van der Waals surface area contributed by atoms with Crippen LogP contribution in [0.25, 0.3) is 0 Å². The summed E-state index contributed by atoms with van der Waals surface area (Å²) >= 11 is 0. The Labute approximate surface area is 120 Å². The van der Waals surface area contributed by atoms with Crippen LogP contribution >= 0.6 is 0 Å². The zero-order valence-electron chi connectivity index (χ0n) is 12.9. The monoisotopic (exact) mass is 286 g/mol. The molecule has 6 heteroatoms. The van der Waals surface area contributed by atoms with Gasteiger partial charge in [-0.3, -0.25) is 4.79 Å². The highest BCUT2D eigenvalue weighted by Crippen LogP contribution is 2.19. The van der Waals surface area contributed by atoms with Crippen molar-refractivity contribution < 1.29 is 19.1 Å². The summed E-state index contributed by atoms with van der Waals surface area (Å²) in [5, 5.41) is 2.82. The summed E-state index contributed by atoms with van der Waals surface area (Å²) in [6.45, 7) is 7.58. The molecule has 1 aliphatic heterocycles. The maximum Gasteiger partial charge on any atom is 0.410 e. The van der Waals surface area contributed by atoms with Crippen LogP contribution in [0.5, 0.6) is 0 Å². The van der Waals surface area contributed by atoms with E-state index in [-0.39, 0.29) is 17.9 Å². The molecule has 20 heavy (non-hydrogen) atoms. The van der Waals surface area contributed by atoms with Gasteiger partial charge >= 0.3 is 6.09 Å². The Morgan fingerprint density at radius 2 is 2.05 bits per heavy atom. The van der Waals surface area contributed by atoms with Gasteiger partial charge < -0.3 is 19.7 Å². The quantitative estimate of drug-likeness (QED) is 0.793. The van der Waals surface area contributed by atoms with E-state index < -0.39 is 5.60 Å². The Morgan fingerprint density at radius 3 is 2.65 bits per heavy atom. The fourth-order valence-electron chi connectivity index (χ4n) is 2.10. The van der Waals surface area contributed by atoms with E-state index in [1.165, 1.54) is 0 Å². The van der Waals surface area contributed by atoms with Crippen molar-refractivity contribution in [1.82, 2.24) is 10.2 Å². The number of nitrogens with one attached hydrogen (secondary N) is 1. The van der Waals surface area contributed by atoms with E-state index in [9.17, 15) is 9.59 Å². The van der Waals surface area contributed by atoms with E-state index in [0.29, 0.717) is 26.2 Å². The molecule has 116 valence electrons. The molecule has 0 spiro atoms. The van der Waals surface area contributed by atoms with Crippen molar-refractivity contribution >= 4 is 12.0 Å². The smallest absolute Gasteiger partial charge is 0.410 e. The van der Waals surface area contributed by atoms with Gasteiger partial charge in [0.1, 0.15) is 5.60 Å². The summed E-state index contributed by atoms with van der Waals surface area (Å²) in [6, 6.07) is 0. The summed E-state index contributed by atoms with van der Waals surface area (Å²) in [6.07, 6.45) is 1.28. The predicted octanol–water partition coefficient (Wildman–Crippen LogP) is 1.40. The third kappa shape index (κ3) is 5.77. The van der Waals surface area contributed by atoms with E-state index >= 15 is 0 Å². The molecule has 1 aliphatic rings. The highest BCUT2D eigenvalue weighted by atomic mass is 16.6. The van der Waals surface area contributed by atoms with Crippen molar-refractivity contribution in [2.75, 3.05) is 33.4 Å². The standard InChI is InChI=1S/C14H26N2O4/c1-14(2,3)20-13(18)16-8-5-6-11(10-16)12(17)15-7-9-19-4/h11H,5-10H2,1-4H3,(H,15,17)/t11-/m0/s1. The van der Waals surface area contributed by atoms with Gasteiger partial charge in [0.15, 0.2) is 0 Å². The lowest BCUT2D eigenvalue weighted by Crippen LogP contribution is -2.47. The van der Waals surface area contributed by atoms with Crippen molar-refractivity contribution in [2.24, 2.45) is 5.92 Å². The number of amides is 2. The van der Waals surface area contributed by atoms with E-state index in [1.807, 2.05) is 20.8 Å². The van der Waals surface area contributed by atoms with Gasteiger partial charge in [-0.15, -0.1) is 0 Å². The third-order valence-corrected chi connectivity index (χ3v) is 3.05. The lowest BCUT2D eigenvalue weighted by molar-refractivity contribution is -0.126. The first-order valence-corrected chi connectivity index (χ1v) is 7.08. The van der Waals surface area contributed by atoms with Crippen LogP contribution in [0.3, 0.4) is 0 Å². The van der Waals surface area contributed by atoms with Crippen molar-refractivity contribution in [3.63, 3.8) is 0 Å². The van der Waals surface area contributed by atoms with Crippen molar-refractivity contribution in [3.05, 3.63) is 0 Å². The first-order chi connectivity index (χ1) is 9.33. The molecular weight excluding hydrogens is 260 g/mol. The maximum absolute atomic E-state index is 12.0. The van der Waals surface area contributed by atoms with Crippen LogP contribution in [-0.4, -0.2) is 55.9 Å². The lowest BCUT2D eigenvalue weighted by Gasteiger charge is -2.33. The van der Waals surface area contributed by atoms with Gasteiger partial charge in [-0.05, 0) is 33.6 Å². The fourth-order valence-corrected chi connectivity index (χ4v) is 2.10. The first-order valence-electron chi connectivity index (χ1n) is 7.08. The molecule has 1 N–H and O–H groups in total. The minimum Gasteiger partial charge on any atom is -0.444 e. The number of ether oxygens (including phenoxy) is 2. The molecule has 6 nitrogen and oxygen atoms in total. The zero-order valence-corrected chi connectivity index (χ0v) is 12.9. The van der Waals surface area contributed by atoms with Gasteiger partial charge in [0.25, 0.3) is 0 Å². The Balaban J connectivity index is 2.45. The van der Waals surface area contributed by atoms with E-state index in [0.717, 1.165) is 12.8 Å². The number of carbonyl (C=O) groups is 2. The summed E-state index contributed by atoms with van der Waals surface area (Å²) < 4.78 is 10.2. The lowest BCUT2D eigenvalue weighted by atomic mass is 9.97. The molecule has 1 heterocycles. The van der Waals surface area contributed by atoms with Gasteiger partial charge in [-0.1, -0.05) is 0 Å². The molecule has 1 saturated heterocycles. The Kier molecular flexibility index (Phi) is 6.26. The van der Waals surface area contributed by atoms with Crippen LogP contribution in [0.2, 0.25) is 0 Å². The largest absolute Gasteiger partial charge is 0.444 e. The number of methoxy groups -OCH3 is 1. The average molecular weight is 286 g/mol. The van der Waals surface area contributed by atoms with E-state index in [1.54, 1.807) is 12.0 Å². The number of hydrogen-bond acceptors (Lipinski definition) is 4. The minimum atomic E-state index is -0.509. The molecule has 0 aromatic carbocycles. The summed E-state index contributed by atoms with van der Waals surface area (Å²) in [5.74, 6) is -0.177.